The van der Waals surface area contributed by atoms with Crippen LogP contribution >= 0.6 is 11.6 Å². The van der Waals surface area contributed by atoms with Gasteiger partial charge in [0.25, 0.3) is 0 Å². The first kappa shape index (κ1) is 18.3. The number of rotatable bonds is 4. The molecule has 2 aliphatic rings. The fourth-order valence-corrected chi connectivity index (χ4v) is 3.88. The number of nitrogens with zero attached hydrogens (tertiary/aromatic N) is 1. The average Bonchev–Trinajstić information content (AvgIpc) is 2.87. The quantitative estimate of drug-likeness (QED) is 0.775. The minimum Gasteiger partial charge on any atom is -0.474 e. The maximum absolute atomic E-state index is 12.2. The van der Waals surface area contributed by atoms with Crippen LogP contribution in [0.15, 0.2) is 18.3 Å². The molecule has 0 spiro atoms. The van der Waals surface area contributed by atoms with Gasteiger partial charge in [0.05, 0.1) is 5.02 Å². The number of hydrogen-bond acceptors (Lipinski definition) is 3. The summed E-state index contributed by atoms with van der Waals surface area (Å²) in [6.07, 6.45) is 12.8. The van der Waals surface area contributed by atoms with Crippen molar-refractivity contribution in [3.05, 3.63) is 23.4 Å². The fraction of sp³-hybridized carbons (Fsp3) is 0.684. The van der Waals surface area contributed by atoms with Gasteiger partial charge in [0, 0.05) is 24.3 Å². The van der Waals surface area contributed by atoms with E-state index in [9.17, 15) is 4.79 Å². The van der Waals surface area contributed by atoms with Crippen molar-refractivity contribution in [3.63, 3.8) is 0 Å². The van der Waals surface area contributed by atoms with Crippen LogP contribution in [-0.4, -0.2) is 29.2 Å². The van der Waals surface area contributed by atoms with E-state index in [1.807, 2.05) is 0 Å². The van der Waals surface area contributed by atoms with Crippen molar-refractivity contribution in [2.24, 2.45) is 0 Å². The molecule has 138 valence electrons. The van der Waals surface area contributed by atoms with E-state index in [1.165, 1.54) is 25.7 Å². The van der Waals surface area contributed by atoms with Gasteiger partial charge in [-0.15, -0.1) is 0 Å². The summed E-state index contributed by atoms with van der Waals surface area (Å²) >= 11 is 5.84. The predicted octanol–water partition coefficient (Wildman–Crippen LogP) is 4.45. The number of ether oxygens (including phenoxy) is 1. The third-order valence-electron chi connectivity index (χ3n) is 5.19. The molecule has 0 aromatic carbocycles. The maximum atomic E-state index is 12.2. The Hall–Kier alpha value is -1.49. The van der Waals surface area contributed by atoms with Gasteiger partial charge < -0.3 is 15.4 Å². The summed E-state index contributed by atoms with van der Waals surface area (Å²) in [5.41, 5.74) is 0. The van der Waals surface area contributed by atoms with Gasteiger partial charge in [-0.2, -0.15) is 0 Å². The highest BCUT2D eigenvalue weighted by Crippen LogP contribution is 2.23. The van der Waals surface area contributed by atoms with Crippen LogP contribution in [0.2, 0.25) is 5.02 Å². The van der Waals surface area contributed by atoms with Crippen LogP contribution in [0.3, 0.4) is 0 Å². The normalized spacial score (nSPS) is 25.0. The predicted molar refractivity (Wildman–Crippen MR) is 99.1 cm³/mol. The van der Waals surface area contributed by atoms with Crippen LogP contribution in [0.4, 0.5) is 4.79 Å². The van der Waals surface area contributed by atoms with E-state index < -0.39 is 0 Å². The maximum Gasteiger partial charge on any atom is 0.315 e. The van der Waals surface area contributed by atoms with Crippen LogP contribution in [-0.2, 0) is 0 Å². The number of urea groups is 1. The molecule has 0 saturated heterocycles. The minimum absolute atomic E-state index is 0.00404. The lowest BCUT2D eigenvalue weighted by molar-refractivity contribution is 0.134. The van der Waals surface area contributed by atoms with E-state index in [4.69, 9.17) is 16.3 Å². The number of pyridine rings is 1. The summed E-state index contributed by atoms with van der Waals surface area (Å²) in [4.78, 5) is 16.4. The molecule has 0 unspecified atom stereocenters. The molecule has 0 bridgehead atoms. The van der Waals surface area contributed by atoms with E-state index in [-0.39, 0.29) is 18.2 Å². The van der Waals surface area contributed by atoms with Gasteiger partial charge in [-0.3, -0.25) is 0 Å². The molecule has 2 aliphatic carbocycles. The first-order valence-corrected chi connectivity index (χ1v) is 9.92. The van der Waals surface area contributed by atoms with Gasteiger partial charge in [0.2, 0.25) is 5.88 Å². The summed E-state index contributed by atoms with van der Waals surface area (Å²) < 4.78 is 5.90. The fourth-order valence-electron chi connectivity index (χ4n) is 3.76. The van der Waals surface area contributed by atoms with Gasteiger partial charge in [-0.25, -0.2) is 9.78 Å². The minimum atomic E-state index is -0.00404. The Morgan fingerprint density at radius 2 is 1.60 bits per heavy atom. The van der Waals surface area contributed by atoms with E-state index in [1.54, 1.807) is 18.3 Å². The summed E-state index contributed by atoms with van der Waals surface area (Å²) in [6, 6.07) is 4.17. The molecule has 0 radical (unpaired) electrons. The van der Waals surface area contributed by atoms with Gasteiger partial charge >= 0.3 is 6.03 Å². The Morgan fingerprint density at radius 1 is 0.960 bits per heavy atom. The van der Waals surface area contributed by atoms with Crippen LogP contribution in [0.1, 0.15) is 64.2 Å². The van der Waals surface area contributed by atoms with Crippen LogP contribution in [0.5, 0.6) is 5.88 Å². The van der Waals surface area contributed by atoms with E-state index >= 15 is 0 Å². The molecular weight excluding hydrogens is 338 g/mol. The lowest BCUT2D eigenvalue weighted by Crippen LogP contribution is -2.47. The van der Waals surface area contributed by atoms with Gasteiger partial charge in [-0.05, 0) is 44.6 Å². The summed E-state index contributed by atoms with van der Waals surface area (Å²) in [5, 5.41) is 6.91. The molecule has 1 heterocycles. The van der Waals surface area contributed by atoms with Crippen LogP contribution in [0, 0.1) is 0 Å². The smallest absolute Gasteiger partial charge is 0.315 e. The van der Waals surface area contributed by atoms with Crippen molar-refractivity contribution in [1.82, 2.24) is 15.6 Å². The Bertz CT molecular complexity index is 536. The summed E-state index contributed by atoms with van der Waals surface area (Å²) in [6.45, 7) is 0. The number of carbonyl (C=O) groups excluding carboxylic acids is 1. The topological polar surface area (TPSA) is 63.2 Å². The number of aromatic nitrogens is 1. The van der Waals surface area contributed by atoms with Crippen LogP contribution < -0.4 is 15.4 Å². The van der Waals surface area contributed by atoms with Crippen molar-refractivity contribution in [1.29, 1.82) is 0 Å². The number of hydrogen-bond donors (Lipinski definition) is 2. The van der Waals surface area contributed by atoms with Gasteiger partial charge in [0.1, 0.15) is 6.10 Å². The van der Waals surface area contributed by atoms with E-state index in [0.717, 1.165) is 38.5 Å². The molecule has 1 aromatic heterocycles. The zero-order valence-electron chi connectivity index (χ0n) is 14.7. The number of halogens is 1. The standard InChI is InChI=1S/C19H28ClN3O2/c20-14-7-12-18(21-13-14)25-17-10-8-16(9-11-17)23-19(24)22-15-5-3-1-2-4-6-15/h7,12-13,15-17H,1-6,8-11H2,(H2,22,23,24). The average molecular weight is 366 g/mol. The molecule has 25 heavy (non-hydrogen) atoms. The molecule has 2 N–H and O–H groups in total. The second kappa shape index (κ2) is 9.27. The highest BCUT2D eigenvalue weighted by atomic mass is 35.5. The zero-order chi connectivity index (χ0) is 17.5. The molecule has 1 aromatic rings. The highest BCUT2D eigenvalue weighted by Gasteiger charge is 2.24. The van der Waals surface area contributed by atoms with E-state index in [2.05, 4.69) is 15.6 Å². The lowest BCUT2D eigenvalue weighted by Gasteiger charge is -2.29. The molecule has 6 heteroatoms. The van der Waals surface area contributed by atoms with Gasteiger partial charge in [-0.1, -0.05) is 37.3 Å². The second-order valence-corrected chi connectivity index (χ2v) is 7.65. The van der Waals surface area contributed by atoms with Crippen molar-refractivity contribution in [2.75, 3.05) is 0 Å². The largest absolute Gasteiger partial charge is 0.474 e. The van der Waals surface area contributed by atoms with Crippen molar-refractivity contribution in [3.8, 4) is 5.88 Å². The Morgan fingerprint density at radius 3 is 2.20 bits per heavy atom. The van der Waals surface area contributed by atoms with Gasteiger partial charge in [0.15, 0.2) is 0 Å². The first-order chi connectivity index (χ1) is 12.2. The molecule has 3 rings (SSSR count). The van der Waals surface area contributed by atoms with Crippen molar-refractivity contribution in [2.45, 2.75) is 82.4 Å². The number of carbonyl (C=O) groups is 1. The summed E-state index contributed by atoms with van der Waals surface area (Å²) in [7, 11) is 0. The van der Waals surface area contributed by atoms with E-state index in [0.29, 0.717) is 16.9 Å². The Labute approximate surface area is 154 Å². The molecule has 0 atom stereocenters. The molecule has 2 fully saturated rings. The first-order valence-electron chi connectivity index (χ1n) is 9.54. The lowest BCUT2D eigenvalue weighted by atomic mass is 9.93. The zero-order valence-corrected chi connectivity index (χ0v) is 15.4. The second-order valence-electron chi connectivity index (χ2n) is 7.21. The third-order valence-corrected chi connectivity index (χ3v) is 5.41. The monoisotopic (exact) mass is 365 g/mol. The number of nitrogens with one attached hydrogen (secondary N) is 2. The highest BCUT2D eigenvalue weighted by molar-refractivity contribution is 6.30. The molecular formula is C19H28ClN3O2. The number of amides is 2. The SMILES string of the molecule is O=C(NC1CCCCCC1)NC1CCC(Oc2ccc(Cl)cn2)CC1. The van der Waals surface area contributed by atoms with Crippen molar-refractivity contribution < 1.29 is 9.53 Å². The molecule has 2 amide bonds. The summed E-state index contributed by atoms with van der Waals surface area (Å²) in [5.74, 6) is 0.618. The molecule has 0 aliphatic heterocycles. The Kier molecular flexibility index (Phi) is 6.79. The molecule has 2 saturated carbocycles. The third kappa shape index (κ3) is 6.07. The molecule has 5 nitrogen and oxygen atoms in total. The van der Waals surface area contributed by atoms with Crippen LogP contribution in [0.25, 0.3) is 0 Å². The Balaban J connectivity index is 1.37. The van der Waals surface area contributed by atoms with Crippen molar-refractivity contribution >= 4 is 17.6 Å².